The Kier molecular flexibility index (Phi) is 7.90. The van der Waals surface area contributed by atoms with E-state index < -0.39 is 0 Å². The van der Waals surface area contributed by atoms with Gasteiger partial charge in [0.05, 0.1) is 11.3 Å². The first-order valence-electron chi connectivity index (χ1n) is 7.35. The first-order valence-corrected chi connectivity index (χ1v) is 8.34. The predicted molar refractivity (Wildman–Crippen MR) is 87.4 cm³/mol. The summed E-state index contributed by atoms with van der Waals surface area (Å²) in [6.07, 6.45) is 4.46. The molecule has 4 nitrogen and oxygen atoms in total. The summed E-state index contributed by atoms with van der Waals surface area (Å²) in [6, 6.07) is 7.44. The van der Waals surface area contributed by atoms with Crippen molar-refractivity contribution < 1.29 is 9.59 Å². The zero-order valence-corrected chi connectivity index (χ0v) is 13.5. The molecular weight excluding hydrogens is 284 g/mol. The third-order valence-corrected chi connectivity index (χ3v) is 4.22. The molecule has 1 atom stereocenters. The summed E-state index contributed by atoms with van der Waals surface area (Å²) in [7, 11) is 0. The molecule has 3 N–H and O–H groups in total. The van der Waals surface area contributed by atoms with Crippen molar-refractivity contribution in [1.29, 1.82) is 0 Å². The third kappa shape index (κ3) is 6.67. The van der Waals surface area contributed by atoms with Crippen molar-refractivity contribution in [2.75, 3.05) is 5.75 Å². The number of carbonyl (C=O) groups is 2. The van der Waals surface area contributed by atoms with Crippen molar-refractivity contribution >= 4 is 23.6 Å². The molecule has 0 saturated carbocycles. The molecule has 116 valence electrons. The highest BCUT2D eigenvalue weighted by molar-refractivity contribution is 8.00. The molecule has 0 saturated heterocycles. The van der Waals surface area contributed by atoms with Gasteiger partial charge in [0.15, 0.2) is 0 Å². The van der Waals surface area contributed by atoms with Gasteiger partial charge in [-0.15, -0.1) is 11.8 Å². The summed E-state index contributed by atoms with van der Waals surface area (Å²) in [5.41, 5.74) is 5.76. The van der Waals surface area contributed by atoms with Gasteiger partial charge >= 0.3 is 0 Å². The number of rotatable bonds is 9. The molecule has 0 radical (unpaired) electrons. The molecule has 1 unspecified atom stereocenters. The fourth-order valence-corrected chi connectivity index (χ4v) is 2.79. The molecule has 0 heterocycles. The lowest BCUT2D eigenvalue weighted by atomic mass is 10.1. The Labute approximate surface area is 130 Å². The third-order valence-electron chi connectivity index (χ3n) is 3.12. The fraction of sp³-hybridized carbons (Fsp3) is 0.500. The van der Waals surface area contributed by atoms with E-state index in [1.54, 1.807) is 6.07 Å². The number of hydrogen-bond acceptors (Lipinski definition) is 3. The van der Waals surface area contributed by atoms with Crippen molar-refractivity contribution in [3.63, 3.8) is 0 Å². The van der Waals surface area contributed by atoms with Gasteiger partial charge in [0.25, 0.3) is 5.91 Å². The molecule has 0 aliphatic heterocycles. The molecule has 0 fully saturated rings. The highest BCUT2D eigenvalue weighted by Gasteiger charge is 2.14. The summed E-state index contributed by atoms with van der Waals surface area (Å²) in [4.78, 5) is 24.0. The monoisotopic (exact) mass is 308 g/mol. The Morgan fingerprint density at radius 1 is 1.29 bits per heavy atom. The van der Waals surface area contributed by atoms with Crippen LogP contribution < -0.4 is 11.1 Å². The van der Waals surface area contributed by atoms with Crippen LogP contribution in [0.15, 0.2) is 29.2 Å². The molecule has 1 rings (SSSR count). The van der Waals surface area contributed by atoms with Gasteiger partial charge < -0.3 is 11.1 Å². The Morgan fingerprint density at radius 2 is 2.00 bits per heavy atom. The van der Waals surface area contributed by atoms with E-state index in [2.05, 4.69) is 12.2 Å². The number of nitrogens with two attached hydrogens (primary N) is 1. The van der Waals surface area contributed by atoms with Gasteiger partial charge in [-0.1, -0.05) is 38.3 Å². The fourth-order valence-electron chi connectivity index (χ4n) is 2.00. The van der Waals surface area contributed by atoms with Crippen molar-refractivity contribution in [3.05, 3.63) is 29.8 Å². The first-order chi connectivity index (χ1) is 10.0. The maximum Gasteiger partial charge on any atom is 0.252 e. The predicted octanol–water partition coefficient (Wildman–Crippen LogP) is 2.96. The van der Waals surface area contributed by atoms with Crippen LogP contribution in [0.2, 0.25) is 0 Å². The lowest BCUT2D eigenvalue weighted by Gasteiger charge is -2.15. The van der Waals surface area contributed by atoms with Crippen LogP contribution >= 0.6 is 11.8 Å². The first kappa shape index (κ1) is 17.6. The quantitative estimate of drug-likeness (QED) is 0.544. The summed E-state index contributed by atoms with van der Waals surface area (Å²) in [6.45, 7) is 4.18. The van der Waals surface area contributed by atoms with Crippen LogP contribution in [0.25, 0.3) is 0 Å². The van der Waals surface area contributed by atoms with E-state index in [9.17, 15) is 9.59 Å². The lowest BCUT2D eigenvalue weighted by molar-refractivity contribution is -0.115. The number of primary amides is 1. The Morgan fingerprint density at radius 3 is 2.67 bits per heavy atom. The standard InChI is InChI=1S/C16H24N2O2S/c1-3-4-5-8-12(2)18-16(20)13-9-6-7-10-14(13)21-11-15(17)19/h6-7,9-10,12H,3-5,8,11H2,1-2H3,(H2,17,19)(H,18,20). The van der Waals surface area contributed by atoms with E-state index in [4.69, 9.17) is 5.73 Å². The van der Waals surface area contributed by atoms with Gasteiger partial charge in [-0.3, -0.25) is 9.59 Å². The average Bonchev–Trinajstić information content (AvgIpc) is 2.45. The number of unbranched alkanes of at least 4 members (excludes halogenated alkanes) is 2. The van der Waals surface area contributed by atoms with E-state index in [0.717, 1.165) is 17.7 Å². The van der Waals surface area contributed by atoms with Crippen LogP contribution in [0.4, 0.5) is 0 Å². The molecule has 0 aliphatic carbocycles. The number of amides is 2. The Bertz CT molecular complexity index is 477. The zero-order chi connectivity index (χ0) is 15.7. The highest BCUT2D eigenvalue weighted by Crippen LogP contribution is 2.22. The van der Waals surface area contributed by atoms with Gasteiger partial charge in [-0.2, -0.15) is 0 Å². The second-order valence-corrected chi connectivity index (χ2v) is 6.14. The minimum absolute atomic E-state index is 0.0911. The van der Waals surface area contributed by atoms with Crippen molar-refractivity contribution in [1.82, 2.24) is 5.32 Å². The largest absolute Gasteiger partial charge is 0.369 e. The average molecular weight is 308 g/mol. The van der Waals surface area contributed by atoms with E-state index >= 15 is 0 Å². The van der Waals surface area contributed by atoms with Crippen LogP contribution in [0.5, 0.6) is 0 Å². The van der Waals surface area contributed by atoms with Crippen molar-refractivity contribution in [3.8, 4) is 0 Å². The Hall–Kier alpha value is -1.49. The van der Waals surface area contributed by atoms with Crippen molar-refractivity contribution in [2.45, 2.75) is 50.5 Å². The lowest BCUT2D eigenvalue weighted by Crippen LogP contribution is -2.32. The van der Waals surface area contributed by atoms with Gasteiger partial charge in [-0.05, 0) is 25.5 Å². The SMILES string of the molecule is CCCCCC(C)NC(=O)c1ccccc1SCC(N)=O. The molecular formula is C16H24N2O2S. The van der Waals surface area contributed by atoms with Crippen LogP contribution in [-0.4, -0.2) is 23.6 Å². The van der Waals surface area contributed by atoms with E-state index in [1.807, 2.05) is 25.1 Å². The van der Waals surface area contributed by atoms with E-state index in [0.29, 0.717) is 5.56 Å². The molecule has 0 spiro atoms. The summed E-state index contributed by atoms with van der Waals surface area (Å²) < 4.78 is 0. The number of thioether (sulfide) groups is 1. The number of nitrogens with one attached hydrogen (secondary N) is 1. The second-order valence-electron chi connectivity index (χ2n) is 5.12. The summed E-state index contributed by atoms with van der Waals surface area (Å²) in [5, 5.41) is 3.01. The molecule has 21 heavy (non-hydrogen) atoms. The molecule has 5 heteroatoms. The molecule has 1 aromatic rings. The maximum absolute atomic E-state index is 12.3. The van der Waals surface area contributed by atoms with Gasteiger partial charge in [0.1, 0.15) is 0 Å². The minimum atomic E-state index is -0.386. The minimum Gasteiger partial charge on any atom is -0.369 e. The molecule has 0 aliphatic rings. The Balaban J connectivity index is 2.62. The summed E-state index contributed by atoms with van der Waals surface area (Å²) in [5.74, 6) is -0.300. The smallest absolute Gasteiger partial charge is 0.252 e. The second kappa shape index (κ2) is 9.45. The maximum atomic E-state index is 12.3. The van der Waals surface area contributed by atoms with Gasteiger partial charge in [0.2, 0.25) is 5.91 Å². The van der Waals surface area contributed by atoms with Gasteiger partial charge in [0, 0.05) is 10.9 Å². The molecule has 1 aromatic carbocycles. The summed E-state index contributed by atoms with van der Waals surface area (Å²) >= 11 is 1.30. The van der Waals surface area contributed by atoms with E-state index in [1.165, 1.54) is 24.6 Å². The zero-order valence-electron chi connectivity index (χ0n) is 12.7. The topological polar surface area (TPSA) is 72.2 Å². The van der Waals surface area contributed by atoms with Crippen LogP contribution in [0.1, 0.15) is 49.9 Å². The van der Waals surface area contributed by atoms with Crippen LogP contribution in [-0.2, 0) is 4.79 Å². The normalized spacial score (nSPS) is 11.9. The van der Waals surface area contributed by atoms with Crippen LogP contribution in [0.3, 0.4) is 0 Å². The highest BCUT2D eigenvalue weighted by atomic mass is 32.2. The number of benzene rings is 1. The molecule has 0 bridgehead atoms. The number of carbonyl (C=O) groups excluding carboxylic acids is 2. The molecule has 2 amide bonds. The molecule has 0 aromatic heterocycles. The van der Waals surface area contributed by atoms with Crippen LogP contribution in [0, 0.1) is 0 Å². The van der Waals surface area contributed by atoms with Gasteiger partial charge in [-0.25, -0.2) is 0 Å². The van der Waals surface area contributed by atoms with E-state index in [-0.39, 0.29) is 23.6 Å². The number of hydrogen-bond donors (Lipinski definition) is 2. The van der Waals surface area contributed by atoms with Crippen molar-refractivity contribution in [2.24, 2.45) is 5.73 Å².